The van der Waals surface area contributed by atoms with E-state index in [1.54, 1.807) is 6.20 Å². The van der Waals surface area contributed by atoms with Gasteiger partial charge in [-0.25, -0.2) is 14.1 Å². The number of hydrogen-bond donors (Lipinski definition) is 2. The van der Waals surface area contributed by atoms with Crippen molar-refractivity contribution in [1.82, 2.24) is 15.2 Å². The summed E-state index contributed by atoms with van der Waals surface area (Å²) in [6.07, 6.45) is 3.37. The van der Waals surface area contributed by atoms with E-state index in [0.717, 1.165) is 25.0 Å². The number of amides is 3. The lowest BCUT2D eigenvalue weighted by Crippen LogP contribution is -2.68. The molecule has 7 nitrogen and oxygen atoms in total. The van der Waals surface area contributed by atoms with E-state index < -0.39 is 6.09 Å². The van der Waals surface area contributed by atoms with Gasteiger partial charge in [0, 0.05) is 23.9 Å². The molecule has 2 rings (SSSR count). The lowest BCUT2D eigenvalue weighted by atomic mass is 9.82. The summed E-state index contributed by atoms with van der Waals surface area (Å²) in [6, 6.07) is 5.87. The number of nitrogens with one attached hydrogen (secondary N) is 1. The third kappa shape index (κ3) is 6.99. The standard InChI is InChI=1S/C22H36N4O3/c1-21(2,3)17-22(4,5)24-19(27)26(15-12-25(13-16-26)20(28)29)14-8-10-18-9-6-7-11-23-18/h6-7,9,11H,8,10,12-17H2,1-5H3,(H-,24,27,28,29)/p+1. The van der Waals surface area contributed by atoms with E-state index >= 15 is 0 Å². The van der Waals surface area contributed by atoms with Crippen LogP contribution in [0.1, 0.15) is 53.2 Å². The minimum atomic E-state index is -0.912. The van der Waals surface area contributed by atoms with Crippen LogP contribution in [0.2, 0.25) is 0 Å². The SMILES string of the molecule is CC(C)(C)CC(C)(C)NC(=O)[N+]1(CCCc2ccccn2)CCN(C(=O)O)CC1. The highest BCUT2D eigenvalue weighted by atomic mass is 16.4. The van der Waals surface area contributed by atoms with Crippen molar-refractivity contribution in [1.29, 1.82) is 0 Å². The summed E-state index contributed by atoms with van der Waals surface area (Å²) >= 11 is 0. The van der Waals surface area contributed by atoms with E-state index in [2.05, 4.69) is 44.9 Å². The number of carboxylic acid groups (broad SMARTS) is 1. The van der Waals surface area contributed by atoms with E-state index in [1.807, 2.05) is 18.2 Å². The summed E-state index contributed by atoms with van der Waals surface area (Å²) in [7, 11) is 0. The van der Waals surface area contributed by atoms with E-state index in [4.69, 9.17) is 0 Å². The van der Waals surface area contributed by atoms with Crippen LogP contribution in [0.25, 0.3) is 0 Å². The average molecular weight is 406 g/mol. The van der Waals surface area contributed by atoms with Gasteiger partial charge in [-0.15, -0.1) is 0 Å². The lowest BCUT2D eigenvalue weighted by Gasteiger charge is -2.44. The Kier molecular flexibility index (Phi) is 7.27. The molecule has 7 heteroatoms. The highest BCUT2D eigenvalue weighted by Gasteiger charge is 2.43. The van der Waals surface area contributed by atoms with Crippen molar-refractivity contribution < 1.29 is 19.2 Å². The van der Waals surface area contributed by atoms with E-state index in [1.165, 1.54) is 4.90 Å². The smallest absolute Gasteiger partial charge is 0.417 e. The topological polar surface area (TPSA) is 82.5 Å². The van der Waals surface area contributed by atoms with Gasteiger partial charge >= 0.3 is 12.1 Å². The Morgan fingerprint density at radius 3 is 2.34 bits per heavy atom. The van der Waals surface area contributed by atoms with Crippen LogP contribution >= 0.6 is 0 Å². The Balaban J connectivity index is 2.09. The molecule has 0 aromatic carbocycles. The van der Waals surface area contributed by atoms with Gasteiger partial charge < -0.3 is 10.4 Å². The Bertz CT molecular complexity index is 690. The first-order valence-electron chi connectivity index (χ1n) is 10.5. The second kappa shape index (κ2) is 9.11. The molecule has 0 atom stereocenters. The Morgan fingerprint density at radius 2 is 1.83 bits per heavy atom. The molecule has 1 fully saturated rings. The number of pyridine rings is 1. The Morgan fingerprint density at radius 1 is 1.17 bits per heavy atom. The fraction of sp³-hybridized carbons (Fsp3) is 0.682. The van der Waals surface area contributed by atoms with Gasteiger partial charge in [-0.2, -0.15) is 0 Å². The van der Waals surface area contributed by atoms with Crippen molar-refractivity contribution in [2.75, 3.05) is 32.7 Å². The van der Waals surface area contributed by atoms with Crippen molar-refractivity contribution >= 4 is 12.1 Å². The molecule has 0 spiro atoms. The number of quaternary nitrogens is 1. The number of carbonyl (C=O) groups excluding carboxylic acids is 1. The third-order valence-corrected chi connectivity index (χ3v) is 5.46. The van der Waals surface area contributed by atoms with Crippen LogP contribution in [0.3, 0.4) is 0 Å². The summed E-state index contributed by atoms with van der Waals surface area (Å²) in [4.78, 5) is 30.5. The van der Waals surface area contributed by atoms with Gasteiger partial charge in [0.1, 0.15) is 13.1 Å². The van der Waals surface area contributed by atoms with Crippen LogP contribution < -0.4 is 5.32 Å². The molecule has 3 amide bonds. The predicted molar refractivity (Wildman–Crippen MR) is 114 cm³/mol. The molecule has 1 saturated heterocycles. The maximum atomic E-state index is 13.4. The van der Waals surface area contributed by atoms with Crippen molar-refractivity contribution in [2.45, 2.75) is 59.4 Å². The number of piperazine rings is 1. The number of urea groups is 1. The molecule has 1 aromatic rings. The minimum Gasteiger partial charge on any atom is -0.465 e. The summed E-state index contributed by atoms with van der Waals surface area (Å²) in [5.74, 6) is 0. The monoisotopic (exact) mass is 405 g/mol. The van der Waals surface area contributed by atoms with Gasteiger partial charge in [0.25, 0.3) is 0 Å². The van der Waals surface area contributed by atoms with Gasteiger partial charge in [0.15, 0.2) is 0 Å². The fourth-order valence-corrected chi connectivity index (χ4v) is 4.45. The van der Waals surface area contributed by atoms with Gasteiger partial charge in [0.05, 0.1) is 19.6 Å². The van der Waals surface area contributed by atoms with E-state index in [9.17, 15) is 14.7 Å². The summed E-state index contributed by atoms with van der Waals surface area (Å²) in [6.45, 7) is 13.1. The van der Waals surface area contributed by atoms with Gasteiger partial charge in [-0.3, -0.25) is 9.88 Å². The quantitative estimate of drug-likeness (QED) is 0.706. The van der Waals surface area contributed by atoms with Crippen LogP contribution in [0.4, 0.5) is 9.59 Å². The Labute approximate surface area is 174 Å². The number of aryl methyl sites for hydroxylation is 1. The average Bonchev–Trinajstić information content (AvgIpc) is 2.60. The number of hydrogen-bond acceptors (Lipinski definition) is 3. The first kappa shape index (κ1) is 23.1. The van der Waals surface area contributed by atoms with Crippen LogP contribution in [0, 0.1) is 5.41 Å². The van der Waals surface area contributed by atoms with Crippen molar-refractivity contribution in [3.63, 3.8) is 0 Å². The zero-order chi connectivity index (χ0) is 21.7. The highest BCUT2D eigenvalue weighted by Crippen LogP contribution is 2.28. The molecule has 0 radical (unpaired) electrons. The molecule has 0 bridgehead atoms. The molecule has 29 heavy (non-hydrogen) atoms. The molecular formula is C22H37N4O3+. The van der Waals surface area contributed by atoms with Gasteiger partial charge in [-0.05, 0) is 44.2 Å². The van der Waals surface area contributed by atoms with Gasteiger partial charge in [0.2, 0.25) is 0 Å². The molecule has 1 aliphatic heterocycles. The van der Waals surface area contributed by atoms with E-state index in [-0.39, 0.29) is 21.5 Å². The van der Waals surface area contributed by atoms with Crippen molar-refractivity contribution in [3.05, 3.63) is 30.1 Å². The number of rotatable bonds is 6. The minimum absolute atomic E-state index is 0.00492. The normalized spacial score (nSPS) is 17.1. The van der Waals surface area contributed by atoms with Crippen LogP contribution in [0.5, 0.6) is 0 Å². The number of aromatic nitrogens is 1. The summed E-state index contributed by atoms with van der Waals surface area (Å²) in [5.41, 5.74) is 0.789. The predicted octanol–water partition coefficient (Wildman–Crippen LogP) is 3.75. The molecule has 0 aliphatic carbocycles. The maximum Gasteiger partial charge on any atom is 0.417 e. The fourth-order valence-electron chi connectivity index (χ4n) is 4.45. The lowest BCUT2D eigenvalue weighted by molar-refractivity contribution is -0.855. The molecule has 0 saturated carbocycles. The van der Waals surface area contributed by atoms with Crippen LogP contribution in [-0.2, 0) is 6.42 Å². The zero-order valence-electron chi connectivity index (χ0n) is 18.6. The van der Waals surface area contributed by atoms with Crippen molar-refractivity contribution in [2.24, 2.45) is 5.41 Å². The van der Waals surface area contributed by atoms with E-state index in [0.29, 0.717) is 32.7 Å². The van der Waals surface area contributed by atoms with Crippen LogP contribution in [-0.4, -0.2) is 69.9 Å². The highest BCUT2D eigenvalue weighted by molar-refractivity contribution is 5.69. The van der Waals surface area contributed by atoms with Crippen LogP contribution in [0.15, 0.2) is 24.4 Å². The molecule has 0 unspecified atom stereocenters. The second-order valence-corrected chi connectivity index (χ2v) is 10.1. The Hall–Kier alpha value is -2.15. The van der Waals surface area contributed by atoms with Gasteiger partial charge in [-0.1, -0.05) is 26.8 Å². The first-order valence-corrected chi connectivity index (χ1v) is 10.5. The molecule has 1 aliphatic rings. The van der Waals surface area contributed by atoms with Crippen molar-refractivity contribution in [3.8, 4) is 0 Å². The molecule has 162 valence electrons. The first-order chi connectivity index (χ1) is 13.4. The molecule has 1 aromatic heterocycles. The maximum absolute atomic E-state index is 13.4. The summed E-state index contributed by atoms with van der Waals surface area (Å²) in [5, 5.41) is 12.6. The summed E-state index contributed by atoms with van der Waals surface area (Å²) < 4.78 is 0.282. The molecule has 2 heterocycles. The second-order valence-electron chi connectivity index (χ2n) is 10.1. The number of carbonyl (C=O) groups is 2. The molecule has 2 N–H and O–H groups in total. The third-order valence-electron chi connectivity index (χ3n) is 5.46. The number of nitrogens with zero attached hydrogens (tertiary/aromatic N) is 3. The zero-order valence-corrected chi connectivity index (χ0v) is 18.6. The molecular weight excluding hydrogens is 368 g/mol. The largest absolute Gasteiger partial charge is 0.465 e.